The Labute approximate surface area is 113 Å². The van der Waals surface area contributed by atoms with Crippen LogP contribution in [0.15, 0.2) is 48.5 Å². The molecule has 0 aliphatic heterocycles. The van der Waals surface area contributed by atoms with E-state index in [9.17, 15) is 0 Å². The minimum atomic E-state index is 0.569. The van der Waals surface area contributed by atoms with E-state index in [0.29, 0.717) is 12.5 Å². The summed E-state index contributed by atoms with van der Waals surface area (Å²) in [4.78, 5) is 0. The third-order valence-electron chi connectivity index (χ3n) is 2.92. The second kappa shape index (κ2) is 6.46. The van der Waals surface area contributed by atoms with Crippen LogP contribution in [-0.4, -0.2) is 6.61 Å². The lowest BCUT2D eigenvalue weighted by Crippen LogP contribution is -2.02. The SMILES string of the molecule is Cc1ccccc1OCCc1ccc(CCl)cc1. The van der Waals surface area contributed by atoms with Crippen molar-refractivity contribution in [3.05, 3.63) is 65.2 Å². The van der Waals surface area contributed by atoms with Gasteiger partial charge in [-0.15, -0.1) is 11.6 Å². The third-order valence-corrected chi connectivity index (χ3v) is 3.23. The molecule has 0 aliphatic carbocycles. The van der Waals surface area contributed by atoms with Gasteiger partial charge in [-0.05, 0) is 29.7 Å². The van der Waals surface area contributed by atoms with E-state index in [2.05, 4.69) is 37.3 Å². The number of benzene rings is 2. The molecule has 1 nitrogen and oxygen atoms in total. The monoisotopic (exact) mass is 260 g/mol. The molecular formula is C16H17ClO. The average molecular weight is 261 g/mol. The van der Waals surface area contributed by atoms with E-state index in [1.165, 1.54) is 11.1 Å². The van der Waals surface area contributed by atoms with Crippen LogP contribution >= 0.6 is 11.6 Å². The molecule has 2 heteroatoms. The minimum absolute atomic E-state index is 0.569. The van der Waals surface area contributed by atoms with Crippen molar-refractivity contribution >= 4 is 11.6 Å². The van der Waals surface area contributed by atoms with Crippen molar-refractivity contribution in [1.82, 2.24) is 0 Å². The molecule has 0 radical (unpaired) electrons. The number of halogens is 1. The first-order chi connectivity index (χ1) is 8.79. The molecule has 0 aliphatic rings. The number of hydrogen-bond donors (Lipinski definition) is 0. The Morgan fingerprint density at radius 2 is 1.61 bits per heavy atom. The molecule has 0 N–H and O–H groups in total. The van der Waals surface area contributed by atoms with Gasteiger partial charge in [0.25, 0.3) is 0 Å². The van der Waals surface area contributed by atoms with Crippen molar-refractivity contribution in [2.75, 3.05) is 6.61 Å². The smallest absolute Gasteiger partial charge is 0.122 e. The summed E-state index contributed by atoms with van der Waals surface area (Å²) in [5.41, 5.74) is 3.60. The van der Waals surface area contributed by atoms with Gasteiger partial charge in [-0.25, -0.2) is 0 Å². The Kier molecular flexibility index (Phi) is 4.66. The van der Waals surface area contributed by atoms with Crippen LogP contribution in [0.3, 0.4) is 0 Å². The van der Waals surface area contributed by atoms with Crippen molar-refractivity contribution < 1.29 is 4.74 Å². The van der Waals surface area contributed by atoms with Crippen molar-refractivity contribution in [3.63, 3.8) is 0 Å². The molecule has 0 saturated heterocycles. The predicted molar refractivity (Wildman–Crippen MR) is 76.4 cm³/mol. The van der Waals surface area contributed by atoms with Gasteiger partial charge in [0, 0.05) is 12.3 Å². The summed E-state index contributed by atoms with van der Waals surface area (Å²) in [6, 6.07) is 16.4. The Bertz CT molecular complexity index is 491. The van der Waals surface area contributed by atoms with Gasteiger partial charge >= 0.3 is 0 Å². The molecule has 0 saturated carbocycles. The van der Waals surface area contributed by atoms with Gasteiger partial charge < -0.3 is 4.74 Å². The van der Waals surface area contributed by atoms with Crippen LogP contribution in [-0.2, 0) is 12.3 Å². The standard InChI is InChI=1S/C16H17ClO/c1-13-4-2-3-5-16(13)18-11-10-14-6-8-15(12-17)9-7-14/h2-9H,10-12H2,1H3. The zero-order chi connectivity index (χ0) is 12.8. The molecule has 0 unspecified atom stereocenters. The molecule has 0 aromatic heterocycles. The van der Waals surface area contributed by atoms with Gasteiger partial charge in [-0.3, -0.25) is 0 Å². The highest BCUT2D eigenvalue weighted by Gasteiger charge is 1.98. The molecule has 0 bridgehead atoms. The van der Waals surface area contributed by atoms with E-state index in [-0.39, 0.29) is 0 Å². The second-order valence-corrected chi connectivity index (χ2v) is 4.58. The largest absolute Gasteiger partial charge is 0.493 e. The summed E-state index contributed by atoms with van der Waals surface area (Å²) >= 11 is 5.76. The zero-order valence-corrected chi connectivity index (χ0v) is 11.3. The molecule has 2 aromatic carbocycles. The Morgan fingerprint density at radius 1 is 0.944 bits per heavy atom. The fourth-order valence-electron chi connectivity index (χ4n) is 1.79. The van der Waals surface area contributed by atoms with Crippen LogP contribution in [0.2, 0.25) is 0 Å². The summed E-state index contributed by atoms with van der Waals surface area (Å²) in [5.74, 6) is 1.54. The van der Waals surface area contributed by atoms with E-state index >= 15 is 0 Å². The molecule has 94 valence electrons. The van der Waals surface area contributed by atoms with Crippen molar-refractivity contribution in [2.24, 2.45) is 0 Å². The molecule has 2 rings (SSSR count). The zero-order valence-electron chi connectivity index (χ0n) is 10.5. The summed E-state index contributed by atoms with van der Waals surface area (Å²) in [6.07, 6.45) is 0.914. The van der Waals surface area contributed by atoms with Gasteiger partial charge in [0.1, 0.15) is 5.75 Å². The van der Waals surface area contributed by atoms with Gasteiger partial charge in [0.05, 0.1) is 6.61 Å². The van der Waals surface area contributed by atoms with Gasteiger partial charge in [0.15, 0.2) is 0 Å². The Hall–Kier alpha value is -1.47. The van der Waals surface area contributed by atoms with Crippen LogP contribution in [0.1, 0.15) is 16.7 Å². The number of aryl methyl sites for hydroxylation is 1. The first-order valence-electron chi connectivity index (χ1n) is 6.12. The minimum Gasteiger partial charge on any atom is -0.493 e. The van der Waals surface area contributed by atoms with Gasteiger partial charge in [0.2, 0.25) is 0 Å². The molecule has 2 aromatic rings. The van der Waals surface area contributed by atoms with E-state index in [0.717, 1.165) is 17.7 Å². The van der Waals surface area contributed by atoms with E-state index in [1.54, 1.807) is 0 Å². The fourth-order valence-corrected chi connectivity index (χ4v) is 1.97. The topological polar surface area (TPSA) is 9.23 Å². The lowest BCUT2D eigenvalue weighted by Gasteiger charge is -2.08. The number of alkyl halides is 1. The highest BCUT2D eigenvalue weighted by molar-refractivity contribution is 6.17. The van der Waals surface area contributed by atoms with Crippen molar-refractivity contribution in [1.29, 1.82) is 0 Å². The molecular weight excluding hydrogens is 244 g/mol. The fraction of sp³-hybridized carbons (Fsp3) is 0.250. The second-order valence-electron chi connectivity index (χ2n) is 4.31. The maximum atomic E-state index is 5.77. The molecule has 0 spiro atoms. The summed E-state index contributed by atoms with van der Waals surface area (Å²) in [6.45, 7) is 2.76. The lowest BCUT2D eigenvalue weighted by molar-refractivity contribution is 0.320. The van der Waals surface area contributed by atoms with Gasteiger partial charge in [-0.2, -0.15) is 0 Å². The average Bonchev–Trinajstić information content (AvgIpc) is 2.42. The van der Waals surface area contributed by atoms with Gasteiger partial charge in [-0.1, -0.05) is 42.5 Å². The predicted octanol–water partition coefficient (Wildman–Crippen LogP) is 4.36. The maximum Gasteiger partial charge on any atom is 0.122 e. The first kappa shape index (κ1) is 13.0. The Balaban J connectivity index is 1.86. The number of hydrogen-bond acceptors (Lipinski definition) is 1. The van der Waals surface area contributed by atoms with Crippen LogP contribution in [0.5, 0.6) is 5.75 Å². The van der Waals surface area contributed by atoms with Crippen LogP contribution < -0.4 is 4.74 Å². The molecule has 0 atom stereocenters. The molecule has 0 amide bonds. The van der Waals surface area contributed by atoms with E-state index in [4.69, 9.17) is 16.3 Å². The number of para-hydroxylation sites is 1. The summed E-state index contributed by atoms with van der Waals surface area (Å²) < 4.78 is 5.77. The normalized spacial score (nSPS) is 10.3. The number of ether oxygens (including phenoxy) is 1. The van der Waals surface area contributed by atoms with Crippen LogP contribution in [0, 0.1) is 6.92 Å². The van der Waals surface area contributed by atoms with Crippen molar-refractivity contribution in [3.8, 4) is 5.75 Å². The first-order valence-corrected chi connectivity index (χ1v) is 6.65. The third kappa shape index (κ3) is 3.51. The molecule has 0 heterocycles. The maximum absolute atomic E-state index is 5.77. The van der Waals surface area contributed by atoms with E-state index in [1.807, 2.05) is 18.2 Å². The van der Waals surface area contributed by atoms with Crippen molar-refractivity contribution in [2.45, 2.75) is 19.2 Å². The molecule has 0 fully saturated rings. The quantitative estimate of drug-likeness (QED) is 0.726. The lowest BCUT2D eigenvalue weighted by atomic mass is 10.1. The van der Waals surface area contributed by atoms with Crippen LogP contribution in [0.4, 0.5) is 0 Å². The van der Waals surface area contributed by atoms with Crippen LogP contribution in [0.25, 0.3) is 0 Å². The Morgan fingerprint density at radius 3 is 2.28 bits per heavy atom. The summed E-state index contributed by atoms with van der Waals surface area (Å²) in [5, 5.41) is 0. The van der Waals surface area contributed by atoms with E-state index < -0.39 is 0 Å². The highest BCUT2D eigenvalue weighted by Crippen LogP contribution is 2.16. The summed E-state index contributed by atoms with van der Waals surface area (Å²) in [7, 11) is 0. The number of rotatable bonds is 5. The molecule has 18 heavy (non-hydrogen) atoms. The highest BCUT2D eigenvalue weighted by atomic mass is 35.5.